The van der Waals surface area contributed by atoms with Crippen molar-refractivity contribution in [3.05, 3.63) is 81.9 Å². The number of rotatable bonds is 5. The van der Waals surface area contributed by atoms with Gasteiger partial charge in [-0.15, -0.1) is 0 Å². The van der Waals surface area contributed by atoms with Gasteiger partial charge in [-0.2, -0.15) is 0 Å². The Labute approximate surface area is 163 Å². The molecular weight excluding hydrogens is 358 g/mol. The predicted molar refractivity (Wildman–Crippen MR) is 104 cm³/mol. The number of carbonyl (C=O) groups excluding carboxylic acids is 2. The van der Waals surface area contributed by atoms with Crippen molar-refractivity contribution in [2.24, 2.45) is 5.92 Å². The van der Waals surface area contributed by atoms with E-state index in [0.717, 1.165) is 0 Å². The van der Waals surface area contributed by atoms with Gasteiger partial charge >= 0.3 is 5.97 Å². The van der Waals surface area contributed by atoms with Crippen molar-refractivity contribution in [3.8, 4) is 0 Å². The van der Waals surface area contributed by atoms with E-state index in [1.165, 1.54) is 6.92 Å². The lowest BCUT2D eigenvalue weighted by atomic mass is 9.58. The van der Waals surface area contributed by atoms with Gasteiger partial charge in [-0.1, -0.05) is 60.7 Å². The van der Waals surface area contributed by atoms with Crippen LogP contribution in [0.2, 0.25) is 0 Å². The Morgan fingerprint density at radius 2 is 1.64 bits per heavy atom. The number of esters is 1. The number of carbonyl (C=O) groups is 2. The third-order valence-corrected chi connectivity index (χ3v) is 5.72. The molecule has 1 aliphatic rings. The van der Waals surface area contributed by atoms with E-state index in [-0.39, 0.29) is 18.8 Å². The number of Topliss-reactive ketones (excluding diaryl/α,β-unsaturated/α-hetero) is 1. The minimum absolute atomic E-state index is 0.00302. The number of ether oxygens (including phenoxy) is 1. The minimum atomic E-state index is -1.68. The molecule has 1 aliphatic carbocycles. The summed E-state index contributed by atoms with van der Waals surface area (Å²) in [6.45, 7) is 3.21. The number of nitrogens with zero attached hydrogens (tertiary/aromatic N) is 1. The van der Waals surface area contributed by atoms with Gasteiger partial charge in [0.05, 0.1) is 18.4 Å². The molecule has 6 heteroatoms. The first-order chi connectivity index (χ1) is 13.4. The molecule has 1 fully saturated rings. The number of nitro groups is 1. The van der Waals surface area contributed by atoms with E-state index in [1.807, 2.05) is 6.07 Å². The highest BCUT2D eigenvalue weighted by Crippen LogP contribution is 2.51. The van der Waals surface area contributed by atoms with Crippen LogP contribution in [-0.4, -0.2) is 28.8 Å². The fraction of sp³-hybridized carbons (Fsp3) is 0.364. The van der Waals surface area contributed by atoms with Crippen LogP contribution in [0.4, 0.5) is 0 Å². The molecule has 1 saturated carbocycles. The van der Waals surface area contributed by atoms with Gasteiger partial charge in [0.25, 0.3) is 0 Å². The molecule has 146 valence electrons. The summed E-state index contributed by atoms with van der Waals surface area (Å²) >= 11 is 0. The minimum Gasteiger partial charge on any atom is -0.466 e. The molecule has 0 radical (unpaired) electrons. The molecule has 0 spiro atoms. The Bertz CT molecular complexity index is 867. The van der Waals surface area contributed by atoms with E-state index in [0.29, 0.717) is 11.1 Å². The Kier molecular flexibility index (Phi) is 5.58. The second kappa shape index (κ2) is 7.92. The van der Waals surface area contributed by atoms with Crippen LogP contribution in [0.3, 0.4) is 0 Å². The van der Waals surface area contributed by atoms with Crippen molar-refractivity contribution < 1.29 is 19.2 Å². The number of hydrogen-bond donors (Lipinski definition) is 0. The predicted octanol–water partition coefficient (Wildman–Crippen LogP) is 3.74. The van der Waals surface area contributed by atoms with E-state index in [4.69, 9.17) is 4.74 Å². The van der Waals surface area contributed by atoms with Crippen LogP contribution in [-0.2, 0) is 14.3 Å². The van der Waals surface area contributed by atoms with Crippen molar-refractivity contribution in [1.82, 2.24) is 0 Å². The molecule has 0 unspecified atom stereocenters. The summed E-state index contributed by atoms with van der Waals surface area (Å²) in [6.07, 6.45) is -0.00302. The van der Waals surface area contributed by atoms with Crippen LogP contribution >= 0.6 is 0 Å². The summed E-state index contributed by atoms with van der Waals surface area (Å²) in [5.41, 5.74) is -0.400. The average molecular weight is 381 g/mol. The van der Waals surface area contributed by atoms with Crippen molar-refractivity contribution in [2.75, 3.05) is 6.61 Å². The van der Waals surface area contributed by atoms with Gasteiger partial charge in [0.2, 0.25) is 5.54 Å². The van der Waals surface area contributed by atoms with Crippen LogP contribution in [0, 0.1) is 16.0 Å². The molecule has 2 aromatic carbocycles. The molecule has 0 N–H and O–H groups in total. The molecule has 0 aliphatic heterocycles. The molecule has 4 atom stereocenters. The molecule has 28 heavy (non-hydrogen) atoms. The number of ketones is 1. The first kappa shape index (κ1) is 19.7. The first-order valence-electron chi connectivity index (χ1n) is 9.35. The van der Waals surface area contributed by atoms with Gasteiger partial charge < -0.3 is 4.74 Å². The average Bonchev–Trinajstić information content (AvgIpc) is 2.70. The Morgan fingerprint density at radius 3 is 2.14 bits per heavy atom. The SMILES string of the molecule is CCOC(=O)[C@@H]1[C@@H](c2ccccc2)C(=O)C[C@H](c2ccccc2)[C@@]1(C)[N+](=O)[O-]. The van der Waals surface area contributed by atoms with Gasteiger partial charge in [-0.05, 0) is 18.1 Å². The fourth-order valence-corrected chi connectivity index (χ4v) is 4.30. The zero-order valence-corrected chi connectivity index (χ0v) is 15.9. The summed E-state index contributed by atoms with van der Waals surface area (Å²) in [7, 11) is 0. The molecule has 0 amide bonds. The van der Waals surface area contributed by atoms with Crippen LogP contribution < -0.4 is 0 Å². The van der Waals surface area contributed by atoms with Crippen LogP contribution in [0.1, 0.15) is 43.2 Å². The lowest BCUT2D eigenvalue weighted by molar-refractivity contribution is -0.580. The maximum Gasteiger partial charge on any atom is 0.317 e. The van der Waals surface area contributed by atoms with E-state index >= 15 is 0 Å². The van der Waals surface area contributed by atoms with Crippen molar-refractivity contribution in [2.45, 2.75) is 37.6 Å². The summed E-state index contributed by atoms with van der Waals surface area (Å²) in [6, 6.07) is 17.7. The van der Waals surface area contributed by atoms with Crippen molar-refractivity contribution in [3.63, 3.8) is 0 Å². The molecule has 0 aromatic heterocycles. The van der Waals surface area contributed by atoms with Crippen LogP contribution in [0.5, 0.6) is 0 Å². The maximum absolute atomic E-state index is 13.2. The largest absolute Gasteiger partial charge is 0.466 e. The standard InChI is InChI=1S/C22H23NO5/c1-3-28-21(25)20-19(16-12-8-5-9-13-16)18(24)14-17(22(20,2)23(26)27)15-10-6-4-7-11-15/h4-13,17,19-20H,3,14H2,1-2H3/t17-,19+,20+,22-/m1/s1. The van der Waals surface area contributed by atoms with Gasteiger partial charge in [0.15, 0.2) is 0 Å². The molecule has 2 aromatic rings. The van der Waals surface area contributed by atoms with Gasteiger partial charge in [0.1, 0.15) is 11.7 Å². The number of hydrogen-bond acceptors (Lipinski definition) is 5. The highest BCUT2D eigenvalue weighted by molar-refractivity contribution is 5.94. The van der Waals surface area contributed by atoms with Gasteiger partial charge in [-0.3, -0.25) is 19.7 Å². The monoisotopic (exact) mass is 381 g/mol. The number of benzene rings is 2. The summed E-state index contributed by atoms with van der Waals surface area (Å²) < 4.78 is 5.22. The second-order valence-corrected chi connectivity index (χ2v) is 7.23. The third-order valence-electron chi connectivity index (χ3n) is 5.72. The third kappa shape index (κ3) is 3.30. The molecule has 0 heterocycles. The van der Waals surface area contributed by atoms with E-state index < -0.39 is 34.2 Å². The first-order valence-corrected chi connectivity index (χ1v) is 9.35. The van der Waals surface area contributed by atoms with Crippen molar-refractivity contribution in [1.29, 1.82) is 0 Å². The molecule has 6 nitrogen and oxygen atoms in total. The molecule has 3 rings (SSSR count). The molecule has 0 bridgehead atoms. The van der Waals surface area contributed by atoms with Gasteiger partial charge in [-0.25, -0.2) is 0 Å². The quantitative estimate of drug-likeness (QED) is 0.447. The topological polar surface area (TPSA) is 86.5 Å². The highest BCUT2D eigenvalue weighted by Gasteiger charge is 2.64. The van der Waals surface area contributed by atoms with E-state index in [2.05, 4.69) is 0 Å². The normalized spacial score (nSPS) is 27.2. The van der Waals surface area contributed by atoms with Crippen LogP contribution in [0.15, 0.2) is 60.7 Å². The Hall–Kier alpha value is -3.02. The summed E-state index contributed by atoms with van der Waals surface area (Å²) in [5.74, 6) is -3.72. The zero-order chi connectivity index (χ0) is 20.3. The smallest absolute Gasteiger partial charge is 0.317 e. The Balaban J connectivity index is 2.19. The second-order valence-electron chi connectivity index (χ2n) is 7.23. The van der Waals surface area contributed by atoms with E-state index in [1.54, 1.807) is 61.5 Å². The fourth-order valence-electron chi connectivity index (χ4n) is 4.30. The Morgan fingerprint density at radius 1 is 1.11 bits per heavy atom. The summed E-state index contributed by atoms with van der Waals surface area (Å²) in [4.78, 5) is 38.1. The summed E-state index contributed by atoms with van der Waals surface area (Å²) in [5, 5.41) is 12.3. The van der Waals surface area contributed by atoms with Gasteiger partial charge in [0, 0.05) is 18.3 Å². The lowest BCUT2D eigenvalue weighted by Crippen LogP contribution is -2.58. The highest BCUT2D eigenvalue weighted by atomic mass is 16.6. The molecular formula is C22H23NO5. The lowest BCUT2D eigenvalue weighted by Gasteiger charge is -2.42. The molecule has 0 saturated heterocycles. The van der Waals surface area contributed by atoms with E-state index in [9.17, 15) is 19.7 Å². The van der Waals surface area contributed by atoms with Crippen molar-refractivity contribution >= 4 is 11.8 Å². The van der Waals surface area contributed by atoms with Crippen LogP contribution in [0.25, 0.3) is 0 Å². The maximum atomic E-state index is 13.2. The zero-order valence-electron chi connectivity index (χ0n) is 15.9.